The number of hydrogen-bond acceptors (Lipinski definition) is 4. The Balaban J connectivity index is 1.59. The van der Waals surface area contributed by atoms with Crippen molar-refractivity contribution < 1.29 is 9.53 Å². The summed E-state index contributed by atoms with van der Waals surface area (Å²) in [7, 11) is 0. The summed E-state index contributed by atoms with van der Waals surface area (Å²) < 4.78 is 5.51. The number of rotatable bonds is 8. The molecule has 2 aromatic rings. The predicted molar refractivity (Wildman–Crippen MR) is 120 cm³/mol. The van der Waals surface area contributed by atoms with Gasteiger partial charge in [-0.05, 0) is 30.2 Å². The zero-order chi connectivity index (χ0) is 20.6. The van der Waals surface area contributed by atoms with Crippen LogP contribution in [0.4, 0.5) is 0 Å². The van der Waals surface area contributed by atoms with Crippen molar-refractivity contribution in [1.29, 1.82) is 0 Å². The Labute approximate surface area is 179 Å². The van der Waals surface area contributed by atoms with Gasteiger partial charge in [0.15, 0.2) is 0 Å². The minimum atomic E-state index is 0.0691. The molecule has 0 bridgehead atoms. The molecule has 1 saturated heterocycles. The maximum absolute atomic E-state index is 12.6. The minimum absolute atomic E-state index is 0.0691. The van der Waals surface area contributed by atoms with E-state index in [0.717, 1.165) is 31.9 Å². The number of nitrogens with one attached hydrogen (secondary N) is 1. The number of hydrogen-bond donors (Lipinski definition) is 1. The smallest absolute Gasteiger partial charge is 0.224 e. The minimum Gasteiger partial charge on any atom is -0.379 e. The van der Waals surface area contributed by atoms with E-state index in [0.29, 0.717) is 18.2 Å². The second-order valence-corrected chi connectivity index (χ2v) is 9.52. The van der Waals surface area contributed by atoms with Crippen LogP contribution in [0.2, 0.25) is 0 Å². The lowest BCUT2D eigenvalue weighted by atomic mass is 10.0. The number of nitrogens with zero attached hydrogens (tertiary/aromatic N) is 1. The quantitative estimate of drug-likeness (QED) is 0.659. The van der Waals surface area contributed by atoms with E-state index in [-0.39, 0.29) is 11.9 Å². The lowest BCUT2D eigenvalue weighted by Crippen LogP contribution is -2.44. The van der Waals surface area contributed by atoms with E-state index >= 15 is 0 Å². The molecular weight excluding hydrogens is 380 g/mol. The zero-order valence-corrected chi connectivity index (χ0v) is 18.5. The lowest BCUT2D eigenvalue weighted by Gasteiger charge is -2.35. The number of thioether (sulfide) groups is 1. The fourth-order valence-corrected chi connectivity index (χ4v) is 4.39. The molecule has 0 saturated carbocycles. The highest BCUT2D eigenvalue weighted by molar-refractivity contribution is 7.99. The third-order valence-electron chi connectivity index (χ3n) is 5.10. The summed E-state index contributed by atoms with van der Waals surface area (Å²) in [6.45, 7) is 10.4. The molecule has 1 atom stereocenters. The van der Waals surface area contributed by atoms with Crippen LogP contribution in [0.1, 0.15) is 36.6 Å². The van der Waals surface area contributed by atoms with Gasteiger partial charge in [0, 0.05) is 29.8 Å². The number of ether oxygens (including phenoxy) is 1. The number of carbonyl (C=O) groups is 1. The molecule has 0 spiro atoms. The van der Waals surface area contributed by atoms with Gasteiger partial charge in [-0.2, -0.15) is 0 Å². The molecule has 1 aliphatic heterocycles. The third kappa shape index (κ3) is 6.88. The van der Waals surface area contributed by atoms with Gasteiger partial charge in [-0.3, -0.25) is 9.69 Å². The molecule has 0 radical (unpaired) electrons. The monoisotopic (exact) mass is 412 g/mol. The largest absolute Gasteiger partial charge is 0.379 e. The van der Waals surface area contributed by atoms with Crippen molar-refractivity contribution in [1.82, 2.24) is 10.2 Å². The summed E-state index contributed by atoms with van der Waals surface area (Å²) in [5, 5.41) is 3.72. The SMILES string of the molecule is Cc1ccc([C@@H](CNC(=O)Cc2ccc(SC(C)C)cc2)N2CCOCC2)cc1. The van der Waals surface area contributed by atoms with E-state index in [9.17, 15) is 4.79 Å². The van der Waals surface area contributed by atoms with Crippen LogP contribution in [-0.4, -0.2) is 48.9 Å². The Kier molecular flexibility index (Phi) is 8.16. The zero-order valence-electron chi connectivity index (χ0n) is 17.7. The van der Waals surface area contributed by atoms with Gasteiger partial charge in [0.05, 0.1) is 25.7 Å². The van der Waals surface area contributed by atoms with Gasteiger partial charge < -0.3 is 10.1 Å². The third-order valence-corrected chi connectivity index (χ3v) is 6.12. The maximum atomic E-state index is 12.6. The van der Waals surface area contributed by atoms with Crippen molar-refractivity contribution >= 4 is 17.7 Å². The second-order valence-electron chi connectivity index (χ2n) is 7.87. The molecule has 1 fully saturated rings. The second kappa shape index (κ2) is 10.8. The topological polar surface area (TPSA) is 41.6 Å². The number of morpholine rings is 1. The molecule has 0 aliphatic carbocycles. The van der Waals surface area contributed by atoms with Crippen LogP contribution in [0.15, 0.2) is 53.4 Å². The summed E-state index contributed by atoms with van der Waals surface area (Å²) in [6.07, 6.45) is 0.413. The maximum Gasteiger partial charge on any atom is 0.224 e. The molecule has 1 amide bonds. The van der Waals surface area contributed by atoms with Crippen LogP contribution in [0.25, 0.3) is 0 Å². The predicted octanol–water partition coefficient (Wildman–Crippen LogP) is 4.23. The summed E-state index contributed by atoms with van der Waals surface area (Å²) in [5.74, 6) is 0.0691. The molecule has 0 unspecified atom stereocenters. The van der Waals surface area contributed by atoms with Crippen LogP contribution in [0.5, 0.6) is 0 Å². The van der Waals surface area contributed by atoms with Crippen molar-refractivity contribution in [2.24, 2.45) is 0 Å². The van der Waals surface area contributed by atoms with E-state index in [1.54, 1.807) is 0 Å². The first-order valence-electron chi connectivity index (χ1n) is 10.4. The standard InChI is InChI=1S/C24H32N2O2S/c1-18(2)29-22-10-6-20(7-11-22)16-24(27)25-17-23(26-12-14-28-15-13-26)21-8-4-19(3)5-9-21/h4-11,18,23H,12-17H2,1-3H3,(H,25,27)/t23-/m1/s1. The molecule has 4 nitrogen and oxygen atoms in total. The van der Waals surface area contributed by atoms with E-state index in [1.165, 1.54) is 16.0 Å². The first-order chi connectivity index (χ1) is 14.0. The van der Waals surface area contributed by atoms with Crippen molar-refractivity contribution in [3.63, 3.8) is 0 Å². The normalized spacial score (nSPS) is 16.0. The van der Waals surface area contributed by atoms with Gasteiger partial charge >= 0.3 is 0 Å². The van der Waals surface area contributed by atoms with Crippen LogP contribution in [0.3, 0.4) is 0 Å². The Morgan fingerprint density at radius 1 is 1.07 bits per heavy atom. The Hall–Kier alpha value is -1.82. The fraction of sp³-hybridized carbons (Fsp3) is 0.458. The van der Waals surface area contributed by atoms with Crippen molar-refractivity contribution in [2.75, 3.05) is 32.8 Å². The van der Waals surface area contributed by atoms with Crippen molar-refractivity contribution in [2.45, 2.75) is 43.4 Å². The van der Waals surface area contributed by atoms with Gasteiger partial charge in [0.1, 0.15) is 0 Å². The highest BCUT2D eigenvalue weighted by Crippen LogP contribution is 2.24. The molecule has 0 aromatic heterocycles. The molecule has 5 heteroatoms. The molecule has 1 N–H and O–H groups in total. The van der Waals surface area contributed by atoms with E-state index in [4.69, 9.17) is 4.74 Å². The van der Waals surface area contributed by atoms with Crippen molar-refractivity contribution in [3.8, 4) is 0 Å². The number of aryl methyl sites for hydroxylation is 1. The van der Waals surface area contributed by atoms with Crippen LogP contribution in [-0.2, 0) is 16.0 Å². The summed E-state index contributed by atoms with van der Waals surface area (Å²) in [4.78, 5) is 16.2. The van der Waals surface area contributed by atoms with E-state index in [1.807, 2.05) is 11.8 Å². The van der Waals surface area contributed by atoms with Crippen LogP contribution >= 0.6 is 11.8 Å². The van der Waals surface area contributed by atoms with Gasteiger partial charge in [-0.25, -0.2) is 0 Å². The number of carbonyl (C=O) groups excluding carboxylic acids is 1. The average Bonchev–Trinajstić information content (AvgIpc) is 2.71. The molecule has 1 aliphatic rings. The van der Waals surface area contributed by atoms with Gasteiger partial charge in [0.25, 0.3) is 0 Å². The Morgan fingerprint density at radius 2 is 1.72 bits per heavy atom. The first kappa shape index (κ1) is 21.9. The summed E-state index contributed by atoms with van der Waals surface area (Å²) >= 11 is 1.84. The Morgan fingerprint density at radius 3 is 2.34 bits per heavy atom. The van der Waals surface area contributed by atoms with Crippen molar-refractivity contribution in [3.05, 3.63) is 65.2 Å². The van der Waals surface area contributed by atoms with Crippen LogP contribution < -0.4 is 5.32 Å². The average molecular weight is 413 g/mol. The van der Waals surface area contributed by atoms with E-state index in [2.05, 4.69) is 79.5 Å². The molecule has 2 aromatic carbocycles. The van der Waals surface area contributed by atoms with Crippen LogP contribution in [0, 0.1) is 6.92 Å². The number of benzene rings is 2. The Bertz CT molecular complexity index is 768. The lowest BCUT2D eigenvalue weighted by molar-refractivity contribution is -0.120. The summed E-state index contributed by atoms with van der Waals surface area (Å²) in [6, 6.07) is 17.1. The fourth-order valence-electron chi connectivity index (χ4n) is 3.55. The molecule has 156 valence electrons. The van der Waals surface area contributed by atoms with Gasteiger partial charge in [-0.1, -0.05) is 55.8 Å². The highest BCUT2D eigenvalue weighted by atomic mass is 32.2. The number of amides is 1. The molecule has 1 heterocycles. The summed E-state index contributed by atoms with van der Waals surface area (Å²) in [5.41, 5.74) is 3.54. The molecule has 29 heavy (non-hydrogen) atoms. The molecule has 3 rings (SSSR count). The highest BCUT2D eigenvalue weighted by Gasteiger charge is 2.23. The molecular formula is C24H32N2O2S. The van der Waals surface area contributed by atoms with Gasteiger partial charge in [-0.15, -0.1) is 11.8 Å². The first-order valence-corrected chi connectivity index (χ1v) is 11.3. The van der Waals surface area contributed by atoms with Gasteiger partial charge in [0.2, 0.25) is 5.91 Å². The van der Waals surface area contributed by atoms with E-state index < -0.39 is 0 Å².